The van der Waals surface area contributed by atoms with Gasteiger partial charge >= 0.3 is 6.18 Å². The van der Waals surface area contributed by atoms with E-state index in [4.69, 9.17) is 0 Å². The van der Waals surface area contributed by atoms with Gasteiger partial charge in [0, 0.05) is 0 Å². The summed E-state index contributed by atoms with van der Waals surface area (Å²) in [6, 6.07) is 0. The molecule has 0 aromatic heterocycles. The summed E-state index contributed by atoms with van der Waals surface area (Å²) >= 11 is 0. The Hall–Kier alpha value is -0.650. The van der Waals surface area contributed by atoms with Crippen LogP contribution in [0.2, 0.25) is 0 Å². The minimum Gasteiger partial charge on any atom is -0.170 e. The predicted octanol–water partition coefficient (Wildman–Crippen LogP) is 1.39. The van der Waals surface area contributed by atoms with E-state index in [2.05, 4.69) is 6.42 Å². The summed E-state index contributed by atoms with van der Waals surface area (Å²) in [4.78, 5) is 0. The maximum absolute atomic E-state index is 10.9. The first-order valence-electron chi connectivity index (χ1n) is 1.43. The fraction of sp³-hybridized carbons (Fsp3) is 0.250. The normalized spacial score (nSPS) is 10.6. The zero-order valence-corrected chi connectivity index (χ0v) is 3.29. The Kier molecular flexibility index (Phi) is 1.70. The molecule has 1 radical (unpaired) electrons. The second-order valence-electron chi connectivity index (χ2n) is 0.853. The number of terminal acetylenes is 1. The van der Waals surface area contributed by atoms with Gasteiger partial charge in [0.25, 0.3) is 0 Å². The SMILES string of the molecule is C#C[CH]C(F)(F)F. The molecule has 0 nitrogen and oxygen atoms in total. The molecule has 3 heteroatoms. The molecular weight excluding hydrogens is 105 g/mol. The Morgan fingerprint density at radius 2 is 1.86 bits per heavy atom. The van der Waals surface area contributed by atoms with Crippen LogP contribution in [0.5, 0.6) is 0 Å². The van der Waals surface area contributed by atoms with Crippen LogP contribution in [0.3, 0.4) is 0 Å². The first-order valence-corrected chi connectivity index (χ1v) is 1.43. The molecular formula is C4H2F3. The lowest BCUT2D eigenvalue weighted by Crippen LogP contribution is -2.05. The summed E-state index contributed by atoms with van der Waals surface area (Å²) < 4.78 is 32.6. The topological polar surface area (TPSA) is 0 Å². The highest BCUT2D eigenvalue weighted by Gasteiger charge is 2.25. The number of alkyl halides is 3. The van der Waals surface area contributed by atoms with Crippen molar-refractivity contribution in [2.45, 2.75) is 6.18 Å². The molecule has 0 aliphatic heterocycles. The molecule has 0 spiro atoms. The van der Waals surface area contributed by atoms with Crippen LogP contribution in [0.25, 0.3) is 0 Å². The van der Waals surface area contributed by atoms with Gasteiger partial charge in [0.2, 0.25) is 0 Å². The molecule has 0 aliphatic rings. The summed E-state index contributed by atoms with van der Waals surface area (Å²) in [5.74, 6) is 1.36. The van der Waals surface area contributed by atoms with Crippen LogP contribution < -0.4 is 0 Å². The smallest absolute Gasteiger partial charge is 0.170 e. The molecule has 0 saturated carbocycles. The highest BCUT2D eigenvalue weighted by atomic mass is 19.4. The lowest BCUT2D eigenvalue weighted by atomic mass is 10.4. The molecule has 0 unspecified atom stereocenters. The summed E-state index contributed by atoms with van der Waals surface area (Å²) in [5, 5.41) is 0. The zero-order valence-electron chi connectivity index (χ0n) is 3.29. The van der Waals surface area contributed by atoms with Crippen molar-refractivity contribution < 1.29 is 13.2 Å². The molecule has 0 aromatic rings. The Morgan fingerprint density at radius 3 is 1.86 bits per heavy atom. The maximum atomic E-state index is 10.9. The van der Waals surface area contributed by atoms with E-state index in [1.165, 1.54) is 5.92 Å². The molecule has 39 valence electrons. The third-order valence-corrected chi connectivity index (χ3v) is 0.247. The van der Waals surface area contributed by atoms with Crippen molar-refractivity contribution in [2.75, 3.05) is 0 Å². The summed E-state index contributed by atoms with van der Waals surface area (Å²) in [6.45, 7) is 0. The van der Waals surface area contributed by atoms with E-state index < -0.39 is 6.18 Å². The second-order valence-corrected chi connectivity index (χ2v) is 0.853. The van der Waals surface area contributed by atoms with E-state index in [1.807, 2.05) is 0 Å². The number of halogens is 3. The molecule has 0 atom stereocenters. The minimum atomic E-state index is -4.31. The van der Waals surface area contributed by atoms with Gasteiger partial charge in [-0.1, -0.05) is 5.92 Å². The van der Waals surface area contributed by atoms with E-state index in [9.17, 15) is 13.2 Å². The van der Waals surface area contributed by atoms with Gasteiger partial charge in [-0.3, -0.25) is 0 Å². The van der Waals surface area contributed by atoms with Crippen molar-refractivity contribution in [3.63, 3.8) is 0 Å². The monoisotopic (exact) mass is 107 g/mol. The molecule has 0 aromatic carbocycles. The van der Waals surface area contributed by atoms with Crippen LogP contribution in [0.15, 0.2) is 0 Å². The van der Waals surface area contributed by atoms with E-state index >= 15 is 0 Å². The van der Waals surface area contributed by atoms with Gasteiger partial charge in [0.1, 0.15) is 6.42 Å². The lowest BCUT2D eigenvalue weighted by molar-refractivity contribution is -0.0908. The predicted molar refractivity (Wildman–Crippen MR) is 19.2 cm³/mol. The average Bonchev–Trinajstić information content (AvgIpc) is 1.30. The zero-order chi connectivity index (χ0) is 5.91. The van der Waals surface area contributed by atoms with Crippen molar-refractivity contribution in [3.05, 3.63) is 6.42 Å². The molecule has 0 fully saturated rings. The highest BCUT2D eigenvalue weighted by molar-refractivity contribution is 5.04. The van der Waals surface area contributed by atoms with Crippen LogP contribution in [0.4, 0.5) is 13.2 Å². The van der Waals surface area contributed by atoms with Crippen molar-refractivity contribution in [2.24, 2.45) is 0 Å². The van der Waals surface area contributed by atoms with Crippen LogP contribution in [-0.2, 0) is 0 Å². The van der Waals surface area contributed by atoms with E-state index in [-0.39, 0.29) is 6.42 Å². The quantitative estimate of drug-likeness (QED) is 0.410. The molecule has 7 heavy (non-hydrogen) atoms. The van der Waals surface area contributed by atoms with Crippen molar-refractivity contribution >= 4 is 0 Å². The van der Waals surface area contributed by atoms with Gasteiger partial charge in [-0.15, -0.1) is 6.42 Å². The van der Waals surface area contributed by atoms with Gasteiger partial charge in [-0.2, -0.15) is 13.2 Å². The van der Waals surface area contributed by atoms with Gasteiger partial charge < -0.3 is 0 Å². The standard InChI is InChI=1S/C4H2F3/c1-2-3-4(5,6)7/h1,3H. The van der Waals surface area contributed by atoms with Crippen LogP contribution >= 0.6 is 0 Å². The molecule has 0 aliphatic carbocycles. The van der Waals surface area contributed by atoms with Crippen LogP contribution in [-0.4, -0.2) is 6.18 Å². The number of hydrogen-bond acceptors (Lipinski definition) is 0. The first-order chi connectivity index (χ1) is 3.06. The van der Waals surface area contributed by atoms with Crippen molar-refractivity contribution in [1.82, 2.24) is 0 Å². The van der Waals surface area contributed by atoms with Crippen molar-refractivity contribution in [3.8, 4) is 12.3 Å². The van der Waals surface area contributed by atoms with E-state index in [0.717, 1.165) is 0 Å². The Balaban J connectivity index is 3.40. The van der Waals surface area contributed by atoms with Gasteiger partial charge in [0.15, 0.2) is 0 Å². The summed E-state index contributed by atoms with van der Waals surface area (Å²) in [6.07, 6.45) is -0.181. The highest BCUT2D eigenvalue weighted by Crippen LogP contribution is 2.16. The fourth-order valence-electron chi connectivity index (χ4n) is 0.0945. The minimum absolute atomic E-state index is 0.160. The third kappa shape index (κ3) is 5.35. The molecule has 0 rings (SSSR count). The van der Waals surface area contributed by atoms with Crippen molar-refractivity contribution in [1.29, 1.82) is 0 Å². The molecule has 0 N–H and O–H groups in total. The van der Waals surface area contributed by atoms with Crippen LogP contribution in [0, 0.1) is 18.8 Å². The Labute approximate surface area is 39.3 Å². The Morgan fingerprint density at radius 1 is 1.43 bits per heavy atom. The fourth-order valence-corrected chi connectivity index (χ4v) is 0.0945. The van der Waals surface area contributed by atoms with E-state index in [1.54, 1.807) is 0 Å². The molecule has 0 saturated heterocycles. The number of hydrogen-bond donors (Lipinski definition) is 0. The largest absolute Gasteiger partial charge is 0.403 e. The Bertz CT molecular complexity index is 84.1. The average molecular weight is 107 g/mol. The third-order valence-electron chi connectivity index (χ3n) is 0.247. The number of rotatable bonds is 0. The maximum Gasteiger partial charge on any atom is 0.403 e. The summed E-state index contributed by atoms with van der Waals surface area (Å²) in [5.41, 5.74) is 0. The van der Waals surface area contributed by atoms with Gasteiger partial charge in [-0.05, 0) is 0 Å². The van der Waals surface area contributed by atoms with E-state index in [0.29, 0.717) is 0 Å². The first kappa shape index (κ1) is 6.35. The molecule has 0 bridgehead atoms. The van der Waals surface area contributed by atoms with Gasteiger partial charge in [-0.25, -0.2) is 0 Å². The molecule has 0 heterocycles. The summed E-state index contributed by atoms with van der Waals surface area (Å²) in [7, 11) is 0. The van der Waals surface area contributed by atoms with Crippen LogP contribution in [0.1, 0.15) is 0 Å². The second kappa shape index (κ2) is 1.87. The van der Waals surface area contributed by atoms with Gasteiger partial charge in [0.05, 0.1) is 0 Å². The lowest BCUT2D eigenvalue weighted by Gasteiger charge is -1.95. The molecule has 0 amide bonds.